The second kappa shape index (κ2) is 5.91. The molecule has 2 aromatic rings. The lowest BCUT2D eigenvalue weighted by Crippen LogP contribution is -1.99. The summed E-state index contributed by atoms with van der Waals surface area (Å²) in [5.74, 6) is 0.939. The highest BCUT2D eigenvalue weighted by Gasteiger charge is 1.94. The van der Waals surface area contributed by atoms with E-state index in [1.807, 2.05) is 42.6 Å². The predicted molar refractivity (Wildman–Crippen MR) is 64.5 cm³/mol. The smallest absolute Gasteiger partial charge is 0.119 e. The summed E-state index contributed by atoms with van der Waals surface area (Å²) in [6.45, 7) is 0.749. The zero-order chi connectivity index (χ0) is 11.1. The van der Waals surface area contributed by atoms with Crippen LogP contribution in [0, 0.1) is 0 Å². The standard InChI is InChI=1S/C14H15NO/c1-2-8-14(9-3-1)16-11-5-7-13-6-4-10-15-12-13/h1-4,6,8-10,12H,5,7,11H2. The Hall–Kier alpha value is -1.83. The van der Waals surface area contributed by atoms with E-state index in [4.69, 9.17) is 4.74 Å². The number of rotatable bonds is 5. The molecule has 1 aromatic carbocycles. The van der Waals surface area contributed by atoms with Crippen LogP contribution in [0.2, 0.25) is 0 Å². The molecule has 0 unspecified atom stereocenters. The SMILES string of the molecule is c1ccc(OCCCc2cccnc2)cc1. The van der Waals surface area contributed by atoms with Crippen molar-refractivity contribution in [3.05, 3.63) is 60.4 Å². The number of benzene rings is 1. The van der Waals surface area contributed by atoms with Crippen LogP contribution in [0.5, 0.6) is 5.75 Å². The van der Waals surface area contributed by atoms with Gasteiger partial charge in [0.25, 0.3) is 0 Å². The van der Waals surface area contributed by atoms with Gasteiger partial charge in [0.1, 0.15) is 5.75 Å². The van der Waals surface area contributed by atoms with Crippen LogP contribution in [0.4, 0.5) is 0 Å². The predicted octanol–water partition coefficient (Wildman–Crippen LogP) is 3.09. The van der Waals surface area contributed by atoms with Crippen molar-refractivity contribution in [1.29, 1.82) is 0 Å². The summed E-state index contributed by atoms with van der Waals surface area (Å²) in [5.41, 5.74) is 1.26. The minimum absolute atomic E-state index is 0.749. The van der Waals surface area contributed by atoms with Gasteiger partial charge in [0.15, 0.2) is 0 Å². The first-order valence-corrected chi connectivity index (χ1v) is 5.52. The highest BCUT2D eigenvalue weighted by molar-refractivity contribution is 5.20. The van der Waals surface area contributed by atoms with Crippen LogP contribution >= 0.6 is 0 Å². The Balaban J connectivity index is 1.70. The van der Waals surface area contributed by atoms with E-state index in [0.717, 1.165) is 25.2 Å². The molecule has 0 atom stereocenters. The van der Waals surface area contributed by atoms with Crippen molar-refractivity contribution in [3.8, 4) is 5.75 Å². The van der Waals surface area contributed by atoms with Crippen LogP contribution < -0.4 is 4.74 Å². The number of para-hydroxylation sites is 1. The topological polar surface area (TPSA) is 22.1 Å². The van der Waals surface area contributed by atoms with E-state index in [2.05, 4.69) is 11.1 Å². The Kier molecular flexibility index (Phi) is 3.94. The molecule has 2 heteroatoms. The summed E-state index contributed by atoms with van der Waals surface area (Å²) in [6.07, 6.45) is 5.73. The molecule has 0 N–H and O–H groups in total. The summed E-state index contributed by atoms with van der Waals surface area (Å²) in [7, 11) is 0. The number of aryl methyl sites for hydroxylation is 1. The van der Waals surface area contributed by atoms with Crippen LogP contribution in [0.1, 0.15) is 12.0 Å². The molecule has 0 bridgehead atoms. The Bertz CT molecular complexity index is 358. The van der Waals surface area contributed by atoms with E-state index >= 15 is 0 Å². The highest BCUT2D eigenvalue weighted by Crippen LogP contribution is 2.09. The number of hydrogen-bond acceptors (Lipinski definition) is 2. The van der Waals surface area contributed by atoms with E-state index in [9.17, 15) is 0 Å². The quantitative estimate of drug-likeness (QED) is 0.712. The average Bonchev–Trinajstić information content (AvgIpc) is 2.37. The van der Waals surface area contributed by atoms with Crippen LogP contribution in [0.3, 0.4) is 0 Å². The molecule has 0 saturated heterocycles. The number of hydrogen-bond donors (Lipinski definition) is 0. The maximum absolute atomic E-state index is 5.61. The van der Waals surface area contributed by atoms with Crippen molar-refractivity contribution in [2.24, 2.45) is 0 Å². The molecule has 0 aliphatic carbocycles. The first-order valence-electron chi connectivity index (χ1n) is 5.52. The average molecular weight is 213 g/mol. The molecule has 0 amide bonds. The third kappa shape index (κ3) is 3.39. The lowest BCUT2D eigenvalue weighted by molar-refractivity contribution is 0.311. The zero-order valence-corrected chi connectivity index (χ0v) is 9.17. The number of aromatic nitrogens is 1. The molecular weight excluding hydrogens is 198 g/mol. The van der Waals surface area contributed by atoms with E-state index in [1.165, 1.54) is 5.56 Å². The van der Waals surface area contributed by atoms with Gasteiger partial charge in [0, 0.05) is 12.4 Å². The maximum atomic E-state index is 5.61. The zero-order valence-electron chi connectivity index (χ0n) is 9.17. The second-order valence-electron chi connectivity index (χ2n) is 3.63. The molecule has 82 valence electrons. The molecular formula is C14H15NO. The normalized spacial score (nSPS) is 10.0. The molecule has 0 saturated carbocycles. The minimum atomic E-state index is 0.749. The van der Waals surface area contributed by atoms with E-state index in [-0.39, 0.29) is 0 Å². The monoisotopic (exact) mass is 213 g/mol. The van der Waals surface area contributed by atoms with Crippen molar-refractivity contribution in [2.45, 2.75) is 12.8 Å². The molecule has 1 heterocycles. The van der Waals surface area contributed by atoms with Crippen molar-refractivity contribution < 1.29 is 4.74 Å². The van der Waals surface area contributed by atoms with Crippen molar-refractivity contribution in [2.75, 3.05) is 6.61 Å². The summed E-state index contributed by atoms with van der Waals surface area (Å²) in [4.78, 5) is 4.08. The fourth-order valence-corrected chi connectivity index (χ4v) is 1.53. The summed E-state index contributed by atoms with van der Waals surface area (Å²) in [6, 6.07) is 14.0. The number of ether oxygens (including phenoxy) is 1. The van der Waals surface area contributed by atoms with Gasteiger partial charge < -0.3 is 4.74 Å². The fourth-order valence-electron chi connectivity index (χ4n) is 1.53. The third-order valence-electron chi connectivity index (χ3n) is 2.34. The highest BCUT2D eigenvalue weighted by atomic mass is 16.5. The van der Waals surface area contributed by atoms with Crippen LogP contribution in [-0.2, 0) is 6.42 Å². The maximum Gasteiger partial charge on any atom is 0.119 e. The molecule has 2 nitrogen and oxygen atoms in total. The minimum Gasteiger partial charge on any atom is -0.494 e. The second-order valence-corrected chi connectivity index (χ2v) is 3.63. The van der Waals surface area contributed by atoms with Gasteiger partial charge in [-0.1, -0.05) is 24.3 Å². The van der Waals surface area contributed by atoms with Gasteiger partial charge in [-0.2, -0.15) is 0 Å². The Morgan fingerprint density at radius 2 is 1.88 bits per heavy atom. The van der Waals surface area contributed by atoms with Crippen LogP contribution in [0.15, 0.2) is 54.9 Å². The van der Waals surface area contributed by atoms with Crippen molar-refractivity contribution in [3.63, 3.8) is 0 Å². The van der Waals surface area contributed by atoms with Gasteiger partial charge in [0.2, 0.25) is 0 Å². The van der Waals surface area contributed by atoms with Gasteiger partial charge in [0.05, 0.1) is 6.61 Å². The van der Waals surface area contributed by atoms with Gasteiger partial charge in [-0.15, -0.1) is 0 Å². The Morgan fingerprint density at radius 1 is 1.00 bits per heavy atom. The summed E-state index contributed by atoms with van der Waals surface area (Å²) in [5, 5.41) is 0. The lowest BCUT2D eigenvalue weighted by Gasteiger charge is -2.05. The van der Waals surface area contributed by atoms with E-state index < -0.39 is 0 Å². The molecule has 0 aliphatic heterocycles. The van der Waals surface area contributed by atoms with Gasteiger partial charge >= 0.3 is 0 Å². The molecule has 16 heavy (non-hydrogen) atoms. The number of pyridine rings is 1. The first kappa shape index (κ1) is 10.7. The van der Waals surface area contributed by atoms with Gasteiger partial charge in [-0.25, -0.2) is 0 Å². The fraction of sp³-hybridized carbons (Fsp3) is 0.214. The molecule has 0 radical (unpaired) electrons. The van der Waals surface area contributed by atoms with E-state index in [1.54, 1.807) is 6.20 Å². The lowest BCUT2D eigenvalue weighted by atomic mass is 10.2. The van der Waals surface area contributed by atoms with Crippen molar-refractivity contribution in [1.82, 2.24) is 4.98 Å². The summed E-state index contributed by atoms with van der Waals surface area (Å²) >= 11 is 0. The summed E-state index contributed by atoms with van der Waals surface area (Å²) < 4.78 is 5.61. The molecule has 2 rings (SSSR count). The first-order chi connectivity index (χ1) is 7.95. The number of nitrogens with zero attached hydrogens (tertiary/aromatic N) is 1. The van der Waals surface area contributed by atoms with Crippen LogP contribution in [0.25, 0.3) is 0 Å². The Morgan fingerprint density at radius 3 is 2.62 bits per heavy atom. The van der Waals surface area contributed by atoms with E-state index in [0.29, 0.717) is 0 Å². The molecule has 0 fully saturated rings. The van der Waals surface area contributed by atoms with Gasteiger partial charge in [-0.05, 0) is 36.6 Å². The van der Waals surface area contributed by atoms with Gasteiger partial charge in [-0.3, -0.25) is 4.98 Å². The van der Waals surface area contributed by atoms with Crippen LogP contribution in [-0.4, -0.2) is 11.6 Å². The largest absolute Gasteiger partial charge is 0.494 e. The van der Waals surface area contributed by atoms with Crippen molar-refractivity contribution >= 4 is 0 Å². The molecule has 0 aliphatic rings. The third-order valence-corrected chi connectivity index (χ3v) is 2.34. The molecule has 1 aromatic heterocycles. The Labute approximate surface area is 95.9 Å². The molecule has 0 spiro atoms.